The van der Waals surface area contributed by atoms with Gasteiger partial charge in [-0.05, 0) is 18.2 Å². The second-order valence-electron chi connectivity index (χ2n) is 2.00. The van der Waals surface area contributed by atoms with Crippen LogP contribution in [0.5, 0.6) is 0 Å². The molecule has 5 heteroatoms. The minimum Gasteiger partial charge on any atom is -0.364 e. The summed E-state index contributed by atoms with van der Waals surface area (Å²) in [6.45, 7) is 0. The molecule has 0 saturated heterocycles. The highest BCUT2D eigenvalue weighted by atomic mass is 35.5. The first kappa shape index (κ1) is 9.22. The van der Waals surface area contributed by atoms with Crippen LogP contribution in [0.25, 0.3) is 6.08 Å². The predicted octanol–water partition coefficient (Wildman–Crippen LogP) is 2.20. The van der Waals surface area contributed by atoms with Crippen LogP contribution in [-0.4, -0.2) is 5.91 Å². The highest BCUT2D eigenvalue weighted by Gasteiger charge is 2.03. The van der Waals surface area contributed by atoms with Crippen molar-refractivity contribution >= 4 is 34.9 Å². The Morgan fingerprint density at radius 3 is 2.75 bits per heavy atom. The zero-order valence-electron chi connectivity index (χ0n) is 5.88. The minimum atomic E-state index is -1.07. The van der Waals surface area contributed by atoms with Crippen LogP contribution in [0.2, 0.25) is 4.34 Å². The van der Waals surface area contributed by atoms with Gasteiger partial charge in [0.25, 0.3) is 5.91 Å². The van der Waals surface area contributed by atoms with Crippen molar-refractivity contribution in [2.45, 2.75) is 0 Å². The Labute approximate surface area is 77.4 Å². The maximum absolute atomic E-state index is 12.6. The van der Waals surface area contributed by atoms with E-state index in [-0.39, 0.29) is 0 Å². The van der Waals surface area contributed by atoms with Gasteiger partial charge in [-0.2, -0.15) is 0 Å². The molecule has 64 valence electrons. The van der Waals surface area contributed by atoms with Crippen molar-refractivity contribution in [3.8, 4) is 0 Å². The van der Waals surface area contributed by atoms with Gasteiger partial charge in [0, 0.05) is 4.88 Å². The van der Waals surface area contributed by atoms with Crippen LogP contribution in [0.3, 0.4) is 0 Å². The first-order chi connectivity index (χ1) is 5.59. The molecule has 0 aliphatic carbocycles. The molecular weight excluding hydrogens is 201 g/mol. The number of nitrogens with two attached hydrogens (primary N) is 1. The number of thiophene rings is 1. The van der Waals surface area contributed by atoms with Gasteiger partial charge in [0.1, 0.15) is 0 Å². The standard InChI is InChI=1S/C7H5ClFNOS/c8-6-2-1-4(12-6)3-5(9)7(10)11/h1-3H,(H2,10,11)/b5-3-. The Kier molecular flexibility index (Phi) is 2.83. The summed E-state index contributed by atoms with van der Waals surface area (Å²) in [5.74, 6) is -2.03. The summed E-state index contributed by atoms with van der Waals surface area (Å²) in [4.78, 5) is 10.8. The van der Waals surface area contributed by atoms with Crippen LogP contribution in [0.15, 0.2) is 18.0 Å². The van der Waals surface area contributed by atoms with Gasteiger partial charge in [-0.15, -0.1) is 11.3 Å². The molecule has 2 N–H and O–H groups in total. The highest BCUT2D eigenvalue weighted by molar-refractivity contribution is 7.17. The number of amides is 1. The maximum Gasteiger partial charge on any atom is 0.277 e. The molecular formula is C7H5ClFNOS. The average molecular weight is 206 g/mol. The van der Waals surface area contributed by atoms with E-state index >= 15 is 0 Å². The molecule has 1 aromatic rings. The van der Waals surface area contributed by atoms with Crippen molar-refractivity contribution < 1.29 is 9.18 Å². The van der Waals surface area contributed by atoms with Crippen LogP contribution >= 0.6 is 22.9 Å². The summed E-state index contributed by atoms with van der Waals surface area (Å²) in [6.07, 6.45) is 1.05. The van der Waals surface area contributed by atoms with E-state index in [4.69, 9.17) is 11.6 Å². The molecule has 0 radical (unpaired) electrons. The van der Waals surface area contributed by atoms with Crippen molar-refractivity contribution in [2.24, 2.45) is 5.73 Å². The number of hydrogen-bond donors (Lipinski definition) is 1. The fraction of sp³-hybridized carbons (Fsp3) is 0. The molecule has 0 aliphatic heterocycles. The number of halogens is 2. The molecule has 0 fully saturated rings. The molecule has 1 rings (SSSR count). The van der Waals surface area contributed by atoms with Crippen LogP contribution < -0.4 is 5.73 Å². The third kappa shape index (κ3) is 2.32. The third-order valence-corrected chi connectivity index (χ3v) is 2.28. The number of primary amides is 1. The summed E-state index contributed by atoms with van der Waals surface area (Å²) in [6, 6.07) is 3.22. The topological polar surface area (TPSA) is 43.1 Å². The molecule has 0 atom stereocenters. The largest absolute Gasteiger partial charge is 0.364 e. The lowest BCUT2D eigenvalue weighted by Crippen LogP contribution is -2.10. The fourth-order valence-corrected chi connectivity index (χ4v) is 1.59. The maximum atomic E-state index is 12.6. The number of hydrogen-bond acceptors (Lipinski definition) is 2. The Morgan fingerprint density at radius 2 is 2.33 bits per heavy atom. The molecule has 1 aromatic heterocycles. The molecule has 1 heterocycles. The molecule has 0 aliphatic rings. The van der Waals surface area contributed by atoms with Crippen LogP contribution in [0, 0.1) is 0 Å². The van der Waals surface area contributed by atoms with Gasteiger partial charge >= 0.3 is 0 Å². The lowest BCUT2D eigenvalue weighted by Gasteiger charge is -1.86. The molecule has 2 nitrogen and oxygen atoms in total. The number of carbonyl (C=O) groups is 1. The van der Waals surface area contributed by atoms with Crippen molar-refractivity contribution in [3.63, 3.8) is 0 Å². The fourth-order valence-electron chi connectivity index (χ4n) is 0.602. The summed E-state index contributed by atoms with van der Waals surface area (Å²) >= 11 is 6.75. The highest BCUT2D eigenvalue weighted by Crippen LogP contribution is 2.23. The Hall–Kier alpha value is -0.870. The third-order valence-electron chi connectivity index (χ3n) is 1.10. The van der Waals surface area contributed by atoms with Crippen LogP contribution in [0.4, 0.5) is 4.39 Å². The molecule has 0 saturated carbocycles. The molecule has 1 amide bonds. The first-order valence-corrected chi connectivity index (χ1v) is 4.21. The Bertz CT molecular complexity index is 334. The van der Waals surface area contributed by atoms with Crippen LogP contribution in [-0.2, 0) is 4.79 Å². The van der Waals surface area contributed by atoms with Gasteiger partial charge < -0.3 is 5.73 Å². The van der Waals surface area contributed by atoms with E-state index in [1.54, 1.807) is 12.1 Å². The second kappa shape index (κ2) is 3.69. The van der Waals surface area contributed by atoms with Crippen molar-refractivity contribution in [3.05, 3.63) is 27.2 Å². The van der Waals surface area contributed by atoms with E-state index in [1.165, 1.54) is 11.3 Å². The Balaban J connectivity index is 2.87. The van der Waals surface area contributed by atoms with Crippen molar-refractivity contribution in [2.75, 3.05) is 0 Å². The minimum absolute atomic E-state index is 0.540. The lowest BCUT2D eigenvalue weighted by molar-refractivity contribution is -0.115. The van der Waals surface area contributed by atoms with Gasteiger partial charge in [0.15, 0.2) is 5.83 Å². The van der Waals surface area contributed by atoms with Crippen molar-refractivity contribution in [1.29, 1.82) is 0 Å². The SMILES string of the molecule is NC(=O)/C(F)=C/c1ccc(Cl)s1. The summed E-state index contributed by atoms with van der Waals surface area (Å²) in [5.41, 5.74) is 4.68. The summed E-state index contributed by atoms with van der Waals surface area (Å²) < 4.78 is 13.1. The summed E-state index contributed by atoms with van der Waals surface area (Å²) in [5, 5.41) is 0. The number of carbonyl (C=O) groups excluding carboxylic acids is 1. The number of rotatable bonds is 2. The molecule has 0 aromatic carbocycles. The van der Waals surface area contributed by atoms with E-state index in [0.29, 0.717) is 9.21 Å². The molecule has 12 heavy (non-hydrogen) atoms. The van der Waals surface area contributed by atoms with Crippen molar-refractivity contribution in [1.82, 2.24) is 0 Å². The van der Waals surface area contributed by atoms with Gasteiger partial charge in [-0.25, -0.2) is 4.39 Å². The van der Waals surface area contributed by atoms with Gasteiger partial charge in [-0.1, -0.05) is 11.6 Å². The second-order valence-corrected chi connectivity index (χ2v) is 3.75. The Morgan fingerprint density at radius 1 is 1.67 bits per heavy atom. The van der Waals surface area contributed by atoms with Gasteiger partial charge in [-0.3, -0.25) is 4.79 Å². The monoisotopic (exact) mass is 205 g/mol. The zero-order valence-corrected chi connectivity index (χ0v) is 7.45. The van der Waals surface area contributed by atoms with Gasteiger partial charge in [0.2, 0.25) is 0 Å². The van der Waals surface area contributed by atoms with E-state index < -0.39 is 11.7 Å². The molecule has 0 spiro atoms. The quantitative estimate of drug-likeness (QED) is 0.739. The molecule has 0 bridgehead atoms. The average Bonchev–Trinajstić information content (AvgIpc) is 2.35. The van der Waals surface area contributed by atoms with E-state index in [0.717, 1.165) is 6.08 Å². The van der Waals surface area contributed by atoms with Crippen LogP contribution in [0.1, 0.15) is 4.88 Å². The molecule has 0 unspecified atom stereocenters. The smallest absolute Gasteiger partial charge is 0.277 e. The lowest BCUT2D eigenvalue weighted by atomic mass is 10.4. The van der Waals surface area contributed by atoms with E-state index in [9.17, 15) is 9.18 Å². The first-order valence-electron chi connectivity index (χ1n) is 3.02. The predicted molar refractivity (Wildman–Crippen MR) is 47.6 cm³/mol. The van der Waals surface area contributed by atoms with E-state index in [1.807, 2.05) is 0 Å². The zero-order chi connectivity index (χ0) is 9.14. The normalized spacial score (nSPS) is 11.7. The van der Waals surface area contributed by atoms with Gasteiger partial charge in [0.05, 0.1) is 4.34 Å². The van der Waals surface area contributed by atoms with E-state index in [2.05, 4.69) is 5.73 Å². The summed E-state index contributed by atoms with van der Waals surface area (Å²) in [7, 11) is 0.